The fraction of sp³-hybridized carbons (Fsp3) is 0.579. The van der Waals surface area contributed by atoms with Crippen LogP contribution in [0.2, 0.25) is 0 Å². The number of esters is 3. The second-order valence-electron chi connectivity index (χ2n) is 12.6. The molecular weight excluding hydrogens is 729 g/mol. The molecule has 2 aromatic rings. The molecule has 0 amide bonds. The monoisotopic (exact) mass is 782 g/mol. The number of hydrogen-bond acceptors (Lipinski definition) is 13. The van der Waals surface area contributed by atoms with Gasteiger partial charge in [0, 0.05) is 37.5 Å². The van der Waals surface area contributed by atoms with E-state index < -0.39 is 18.2 Å². The van der Waals surface area contributed by atoms with Crippen molar-refractivity contribution in [2.45, 2.75) is 95.7 Å². The number of carbonyl (C=O) groups excluding carboxylic acids is 4. The Morgan fingerprint density at radius 2 is 0.961 bits per heavy atom. The van der Waals surface area contributed by atoms with E-state index in [-0.39, 0.29) is 62.2 Å². The highest BCUT2D eigenvalue weighted by Gasteiger charge is 2.24. The van der Waals surface area contributed by atoms with Crippen LogP contribution in [0.4, 0.5) is 0 Å². The lowest BCUT2D eigenvalue weighted by atomic mass is 9.78. The quantitative estimate of drug-likeness (QED) is 0.0421. The summed E-state index contributed by atoms with van der Waals surface area (Å²) >= 11 is 16.6. The first kappa shape index (κ1) is 44.7. The standard InChI is InChI=1S/C38H54O9S4/c1-38(2,28-11-16-31(17-12-28)43-25-33(46-36(41)9-5-23-50)20-15-30(39)7-3-21-48)29-13-18-32(19-14-29)44-26-34(47-37(42)10-6-24-51)27-45-35(40)8-4-22-49/h11-14,16-19,33-34,48-51H,3-10,15,20-27H2,1-2H3. The third-order valence-electron chi connectivity index (χ3n) is 8.03. The summed E-state index contributed by atoms with van der Waals surface area (Å²) in [6.07, 6.45) is 3.15. The van der Waals surface area contributed by atoms with Crippen molar-refractivity contribution in [3.63, 3.8) is 0 Å². The molecule has 13 heteroatoms. The molecule has 0 spiro atoms. The maximum atomic E-state index is 12.3. The highest BCUT2D eigenvalue weighted by molar-refractivity contribution is 7.80. The Kier molecular flexibility index (Phi) is 22.3. The van der Waals surface area contributed by atoms with Crippen LogP contribution in [0.3, 0.4) is 0 Å². The van der Waals surface area contributed by atoms with Gasteiger partial charge in [-0.05, 0) is 90.5 Å². The highest BCUT2D eigenvalue weighted by Crippen LogP contribution is 2.33. The van der Waals surface area contributed by atoms with Gasteiger partial charge >= 0.3 is 17.9 Å². The Hall–Kier alpha value is -2.48. The van der Waals surface area contributed by atoms with Gasteiger partial charge in [-0.2, -0.15) is 50.5 Å². The van der Waals surface area contributed by atoms with Crippen molar-refractivity contribution in [3.05, 3.63) is 59.7 Å². The van der Waals surface area contributed by atoms with Crippen LogP contribution in [0, 0.1) is 0 Å². The average Bonchev–Trinajstić information content (AvgIpc) is 3.13. The number of carbonyl (C=O) groups is 4. The van der Waals surface area contributed by atoms with E-state index in [0.717, 1.165) is 17.5 Å². The van der Waals surface area contributed by atoms with Crippen molar-refractivity contribution in [2.24, 2.45) is 0 Å². The number of ketones is 1. The molecule has 0 N–H and O–H groups in total. The molecule has 0 aromatic heterocycles. The minimum absolute atomic E-state index is 0.0265. The van der Waals surface area contributed by atoms with E-state index in [4.69, 9.17) is 23.7 Å². The van der Waals surface area contributed by atoms with Gasteiger partial charge in [-0.1, -0.05) is 38.1 Å². The van der Waals surface area contributed by atoms with Crippen molar-refractivity contribution in [1.29, 1.82) is 0 Å². The van der Waals surface area contributed by atoms with Crippen LogP contribution in [0.15, 0.2) is 48.5 Å². The van der Waals surface area contributed by atoms with Gasteiger partial charge in [-0.25, -0.2) is 0 Å². The van der Waals surface area contributed by atoms with Crippen molar-refractivity contribution in [1.82, 2.24) is 0 Å². The first-order valence-corrected chi connectivity index (χ1v) is 20.0. The number of thiol groups is 4. The van der Waals surface area contributed by atoms with Crippen molar-refractivity contribution >= 4 is 74.2 Å². The van der Waals surface area contributed by atoms with E-state index in [1.807, 2.05) is 48.5 Å². The summed E-state index contributed by atoms with van der Waals surface area (Å²) in [6.45, 7) is 4.31. The summed E-state index contributed by atoms with van der Waals surface area (Å²) in [5.41, 5.74) is 1.75. The lowest BCUT2D eigenvalue weighted by molar-refractivity contribution is -0.160. The van der Waals surface area contributed by atoms with Gasteiger partial charge in [0.1, 0.15) is 43.2 Å². The van der Waals surface area contributed by atoms with E-state index in [1.54, 1.807) is 0 Å². The predicted octanol–water partition coefficient (Wildman–Crippen LogP) is 7.33. The van der Waals surface area contributed by atoms with Crippen molar-refractivity contribution < 1.29 is 42.9 Å². The fourth-order valence-corrected chi connectivity index (χ4v) is 5.55. The Morgan fingerprint density at radius 1 is 0.549 bits per heavy atom. The minimum atomic E-state index is -0.750. The van der Waals surface area contributed by atoms with E-state index in [1.165, 1.54) is 0 Å². The molecule has 0 heterocycles. The van der Waals surface area contributed by atoms with Crippen LogP contribution in [0.1, 0.15) is 89.2 Å². The lowest BCUT2D eigenvalue weighted by Crippen LogP contribution is -2.31. The summed E-state index contributed by atoms with van der Waals surface area (Å²) < 4.78 is 28.5. The molecule has 2 atom stereocenters. The van der Waals surface area contributed by atoms with E-state index >= 15 is 0 Å². The van der Waals surface area contributed by atoms with Crippen LogP contribution >= 0.6 is 50.5 Å². The molecule has 9 nitrogen and oxygen atoms in total. The molecule has 0 saturated heterocycles. The van der Waals surface area contributed by atoms with E-state index in [9.17, 15) is 19.2 Å². The molecule has 0 aliphatic carbocycles. The number of hydrogen-bond donors (Lipinski definition) is 4. The van der Waals surface area contributed by atoms with Gasteiger partial charge in [0.15, 0.2) is 6.10 Å². The van der Waals surface area contributed by atoms with Crippen LogP contribution in [-0.2, 0) is 38.8 Å². The summed E-state index contributed by atoms with van der Waals surface area (Å²) in [4.78, 5) is 48.8. The summed E-state index contributed by atoms with van der Waals surface area (Å²) in [5.74, 6) is 2.63. The predicted molar refractivity (Wildman–Crippen MR) is 213 cm³/mol. The van der Waals surface area contributed by atoms with E-state index in [2.05, 4.69) is 64.4 Å². The first-order chi connectivity index (χ1) is 24.5. The zero-order valence-electron chi connectivity index (χ0n) is 29.8. The number of Topliss-reactive ketones (excluding diaryl/α,β-unsaturated/α-hetero) is 1. The Balaban J connectivity index is 2.01. The molecule has 0 aliphatic heterocycles. The highest BCUT2D eigenvalue weighted by atomic mass is 32.1. The summed E-state index contributed by atoms with van der Waals surface area (Å²) in [7, 11) is 0. The minimum Gasteiger partial charge on any atom is -0.490 e. The molecule has 2 rings (SSSR count). The van der Waals surface area contributed by atoms with Crippen molar-refractivity contribution in [3.8, 4) is 11.5 Å². The van der Waals surface area contributed by atoms with Crippen LogP contribution in [0.5, 0.6) is 11.5 Å². The van der Waals surface area contributed by atoms with Gasteiger partial charge in [0.05, 0.1) is 0 Å². The Morgan fingerprint density at radius 3 is 1.43 bits per heavy atom. The molecule has 0 saturated carbocycles. The smallest absolute Gasteiger partial charge is 0.306 e. The second kappa shape index (κ2) is 25.5. The molecular formula is C38H54O9S4. The van der Waals surface area contributed by atoms with Gasteiger partial charge in [0.25, 0.3) is 0 Å². The molecule has 2 aromatic carbocycles. The molecule has 0 fully saturated rings. The molecule has 0 radical (unpaired) electrons. The number of ether oxygens (including phenoxy) is 5. The van der Waals surface area contributed by atoms with Gasteiger partial charge in [-0.15, -0.1) is 0 Å². The Bertz CT molecular complexity index is 1220. The van der Waals surface area contributed by atoms with Gasteiger partial charge in [0.2, 0.25) is 0 Å². The normalized spacial score (nSPS) is 12.4. The zero-order chi connectivity index (χ0) is 37.5. The van der Waals surface area contributed by atoms with Crippen LogP contribution in [0.25, 0.3) is 0 Å². The van der Waals surface area contributed by atoms with Crippen LogP contribution in [-0.4, -0.2) is 78.7 Å². The third-order valence-corrected chi connectivity index (χ3v) is 9.29. The fourth-order valence-electron chi connectivity index (χ4n) is 4.91. The van der Waals surface area contributed by atoms with Crippen LogP contribution < -0.4 is 9.47 Å². The third kappa shape index (κ3) is 18.2. The topological polar surface area (TPSA) is 114 Å². The van der Waals surface area contributed by atoms with Gasteiger partial charge in [-0.3, -0.25) is 19.2 Å². The number of rotatable bonds is 27. The first-order valence-electron chi connectivity index (χ1n) is 17.5. The molecule has 0 bridgehead atoms. The van der Waals surface area contributed by atoms with Crippen molar-refractivity contribution in [2.75, 3.05) is 42.8 Å². The average molecular weight is 783 g/mol. The summed E-state index contributed by atoms with van der Waals surface area (Å²) in [6, 6.07) is 15.4. The molecule has 51 heavy (non-hydrogen) atoms. The van der Waals surface area contributed by atoms with Gasteiger partial charge < -0.3 is 23.7 Å². The summed E-state index contributed by atoms with van der Waals surface area (Å²) in [5, 5.41) is 0. The maximum Gasteiger partial charge on any atom is 0.306 e. The zero-order valence-corrected chi connectivity index (χ0v) is 33.3. The largest absolute Gasteiger partial charge is 0.490 e. The SMILES string of the molecule is CC(C)(c1ccc(OCC(CCC(=O)CCCS)OC(=O)CCCS)cc1)c1ccc(OCC(COC(=O)CCCS)OC(=O)CCCS)cc1. The molecule has 284 valence electrons. The lowest BCUT2D eigenvalue weighted by Gasteiger charge is -2.27. The Labute approximate surface area is 325 Å². The molecule has 2 unspecified atom stereocenters. The van der Waals surface area contributed by atoms with E-state index in [0.29, 0.717) is 73.0 Å². The number of benzene rings is 2. The second-order valence-corrected chi connectivity index (χ2v) is 14.4. The maximum absolute atomic E-state index is 12.3. The molecule has 0 aliphatic rings.